The molecule has 4 heteroatoms. The summed E-state index contributed by atoms with van der Waals surface area (Å²) >= 11 is 6.46. The topological polar surface area (TPSA) is 30.5 Å². The van der Waals surface area contributed by atoms with Crippen LogP contribution in [-0.2, 0) is 13.2 Å². The second-order valence-electron chi connectivity index (χ2n) is 6.29. The van der Waals surface area contributed by atoms with E-state index in [1.165, 1.54) is 5.56 Å². The molecule has 2 rings (SSSR count). The van der Waals surface area contributed by atoms with E-state index in [0.717, 1.165) is 23.3 Å². The number of rotatable bonds is 9. The first-order valence-electron chi connectivity index (χ1n) is 8.90. The summed E-state index contributed by atoms with van der Waals surface area (Å²) in [5.41, 5.74) is 3.37. The molecule has 0 aliphatic rings. The Bertz CT molecular complexity index is 688. The van der Waals surface area contributed by atoms with E-state index in [1.54, 1.807) is 0 Å². The van der Waals surface area contributed by atoms with Crippen molar-refractivity contribution in [2.75, 3.05) is 6.61 Å². The summed E-state index contributed by atoms with van der Waals surface area (Å²) in [7, 11) is 0. The lowest BCUT2D eigenvalue weighted by Crippen LogP contribution is -2.24. The minimum atomic E-state index is 0.448. The van der Waals surface area contributed by atoms with Crippen molar-refractivity contribution in [3.63, 3.8) is 0 Å². The average Bonchev–Trinajstić information content (AvgIpc) is 2.60. The van der Waals surface area contributed by atoms with Crippen LogP contribution < -0.4 is 14.8 Å². The van der Waals surface area contributed by atoms with Gasteiger partial charge in [-0.15, -0.1) is 0 Å². The molecule has 1 N–H and O–H groups in total. The highest BCUT2D eigenvalue weighted by Crippen LogP contribution is 2.34. The van der Waals surface area contributed by atoms with Crippen molar-refractivity contribution in [1.29, 1.82) is 0 Å². The predicted molar refractivity (Wildman–Crippen MR) is 105 cm³/mol. The van der Waals surface area contributed by atoms with Gasteiger partial charge in [-0.25, -0.2) is 0 Å². The molecule has 0 saturated heterocycles. The van der Waals surface area contributed by atoms with Gasteiger partial charge in [0.1, 0.15) is 6.61 Å². The zero-order chi connectivity index (χ0) is 18.2. The molecule has 0 radical (unpaired) electrons. The van der Waals surface area contributed by atoms with E-state index in [0.29, 0.717) is 36.6 Å². The van der Waals surface area contributed by atoms with Crippen LogP contribution in [0.5, 0.6) is 11.5 Å². The van der Waals surface area contributed by atoms with Crippen LogP contribution in [0.1, 0.15) is 43.9 Å². The fraction of sp³-hybridized carbons (Fsp3) is 0.429. The van der Waals surface area contributed by atoms with Crippen LogP contribution in [0.25, 0.3) is 0 Å². The van der Waals surface area contributed by atoms with E-state index >= 15 is 0 Å². The van der Waals surface area contributed by atoms with Crippen LogP contribution in [0, 0.1) is 6.92 Å². The highest BCUT2D eigenvalue weighted by Gasteiger charge is 2.12. The second-order valence-corrected chi connectivity index (χ2v) is 6.70. The first-order valence-corrected chi connectivity index (χ1v) is 9.28. The van der Waals surface area contributed by atoms with E-state index in [1.807, 2.05) is 25.1 Å². The fourth-order valence-corrected chi connectivity index (χ4v) is 2.71. The lowest BCUT2D eigenvalue weighted by Gasteiger charge is -2.17. The number of hydrogen-bond acceptors (Lipinski definition) is 3. The number of aryl methyl sites for hydroxylation is 1. The Hall–Kier alpha value is -1.71. The molecule has 0 heterocycles. The molecule has 136 valence electrons. The molecule has 0 fully saturated rings. The van der Waals surface area contributed by atoms with Crippen LogP contribution in [0.15, 0.2) is 36.4 Å². The summed E-state index contributed by atoms with van der Waals surface area (Å²) in [4.78, 5) is 0. The molecular formula is C21H28ClNO2. The molecule has 1 atom stereocenters. The summed E-state index contributed by atoms with van der Waals surface area (Å²) in [5.74, 6) is 1.42. The van der Waals surface area contributed by atoms with Gasteiger partial charge >= 0.3 is 0 Å². The fourth-order valence-electron chi connectivity index (χ4n) is 2.49. The van der Waals surface area contributed by atoms with Gasteiger partial charge in [-0.3, -0.25) is 0 Å². The van der Waals surface area contributed by atoms with Gasteiger partial charge < -0.3 is 14.8 Å². The molecule has 0 amide bonds. The first kappa shape index (κ1) is 19.6. The molecule has 0 aliphatic heterocycles. The largest absolute Gasteiger partial charge is 0.490 e. The predicted octanol–water partition coefficient (Wildman–Crippen LogP) is 5.51. The Morgan fingerprint density at radius 2 is 1.84 bits per heavy atom. The van der Waals surface area contributed by atoms with Crippen LogP contribution in [0.4, 0.5) is 0 Å². The van der Waals surface area contributed by atoms with Gasteiger partial charge in [0.2, 0.25) is 0 Å². The molecule has 2 aromatic carbocycles. The third kappa shape index (κ3) is 5.94. The molecule has 0 saturated carbocycles. The second kappa shape index (κ2) is 9.69. The Kier molecular flexibility index (Phi) is 7.60. The van der Waals surface area contributed by atoms with Crippen LogP contribution in [0.3, 0.4) is 0 Å². The maximum Gasteiger partial charge on any atom is 0.163 e. The molecule has 1 unspecified atom stereocenters. The van der Waals surface area contributed by atoms with Crippen molar-refractivity contribution in [2.24, 2.45) is 0 Å². The number of hydrogen-bond donors (Lipinski definition) is 1. The van der Waals surface area contributed by atoms with E-state index < -0.39 is 0 Å². The molecule has 0 bridgehead atoms. The monoisotopic (exact) mass is 361 g/mol. The molecular weight excluding hydrogens is 334 g/mol. The minimum Gasteiger partial charge on any atom is -0.490 e. The Balaban J connectivity index is 2.14. The van der Waals surface area contributed by atoms with Gasteiger partial charge in [-0.2, -0.15) is 0 Å². The highest BCUT2D eigenvalue weighted by molar-refractivity contribution is 6.31. The quantitative estimate of drug-likeness (QED) is 0.638. The third-order valence-electron chi connectivity index (χ3n) is 4.14. The van der Waals surface area contributed by atoms with E-state index in [-0.39, 0.29) is 0 Å². The van der Waals surface area contributed by atoms with Crippen molar-refractivity contribution in [2.45, 2.75) is 53.3 Å². The minimum absolute atomic E-state index is 0.448. The average molecular weight is 362 g/mol. The van der Waals surface area contributed by atoms with Crippen molar-refractivity contribution < 1.29 is 9.47 Å². The van der Waals surface area contributed by atoms with E-state index in [2.05, 4.69) is 44.3 Å². The van der Waals surface area contributed by atoms with Gasteiger partial charge in [0.05, 0.1) is 6.61 Å². The van der Waals surface area contributed by atoms with Crippen molar-refractivity contribution in [1.82, 2.24) is 5.32 Å². The molecule has 3 nitrogen and oxygen atoms in total. The van der Waals surface area contributed by atoms with Crippen LogP contribution >= 0.6 is 11.6 Å². The zero-order valence-corrected chi connectivity index (χ0v) is 16.3. The van der Waals surface area contributed by atoms with Crippen molar-refractivity contribution >= 4 is 11.6 Å². The molecule has 0 spiro atoms. The van der Waals surface area contributed by atoms with E-state index in [9.17, 15) is 0 Å². The standard InChI is InChI=1S/C21H28ClNO2/c1-5-16(4)23-13-18-11-20(24-6-2)21(12-19(18)22)25-14-17-9-7-8-15(3)10-17/h7-12,16,23H,5-6,13-14H2,1-4H3. The molecule has 0 aliphatic carbocycles. The van der Waals surface area contributed by atoms with Crippen LogP contribution in [0.2, 0.25) is 5.02 Å². The SMILES string of the molecule is CCOc1cc(CNC(C)CC)c(Cl)cc1OCc1cccc(C)c1. The van der Waals surface area contributed by atoms with E-state index in [4.69, 9.17) is 21.1 Å². The van der Waals surface area contributed by atoms with Crippen molar-refractivity contribution in [3.05, 3.63) is 58.1 Å². The van der Waals surface area contributed by atoms with Gasteiger partial charge in [-0.05, 0) is 44.4 Å². The summed E-state index contributed by atoms with van der Waals surface area (Å²) in [6.45, 7) is 10.2. The summed E-state index contributed by atoms with van der Waals surface area (Å²) in [6, 6.07) is 12.6. The summed E-state index contributed by atoms with van der Waals surface area (Å²) < 4.78 is 11.8. The molecule has 2 aromatic rings. The Morgan fingerprint density at radius 3 is 2.52 bits per heavy atom. The van der Waals surface area contributed by atoms with Crippen molar-refractivity contribution in [3.8, 4) is 11.5 Å². The normalized spacial score (nSPS) is 12.0. The number of nitrogens with one attached hydrogen (secondary N) is 1. The Morgan fingerprint density at radius 1 is 1.08 bits per heavy atom. The zero-order valence-electron chi connectivity index (χ0n) is 15.6. The highest BCUT2D eigenvalue weighted by atomic mass is 35.5. The first-order chi connectivity index (χ1) is 12.0. The lowest BCUT2D eigenvalue weighted by molar-refractivity contribution is 0.269. The summed E-state index contributed by atoms with van der Waals surface area (Å²) in [5, 5.41) is 4.15. The smallest absolute Gasteiger partial charge is 0.163 e. The molecule has 25 heavy (non-hydrogen) atoms. The Labute approximate surface area is 156 Å². The third-order valence-corrected chi connectivity index (χ3v) is 4.49. The van der Waals surface area contributed by atoms with Gasteiger partial charge in [-0.1, -0.05) is 48.4 Å². The van der Waals surface area contributed by atoms with Crippen LogP contribution in [-0.4, -0.2) is 12.6 Å². The maximum absolute atomic E-state index is 6.46. The van der Waals surface area contributed by atoms with Gasteiger partial charge in [0.15, 0.2) is 11.5 Å². The molecule has 0 aromatic heterocycles. The number of halogens is 1. The summed E-state index contributed by atoms with van der Waals surface area (Å²) in [6.07, 6.45) is 1.08. The lowest BCUT2D eigenvalue weighted by atomic mass is 10.1. The maximum atomic E-state index is 6.46. The van der Waals surface area contributed by atoms with Gasteiger partial charge in [0, 0.05) is 23.7 Å². The number of benzene rings is 2. The van der Waals surface area contributed by atoms with Gasteiger partial charge in [0.25, 0.3) is 0 Å². The number of ether oxygens (including phenoxy) is 2.